The van der Waals surface area contributed by atoms with E-state index in [0.717, 1.165) is 48.2 Å². The Morgan fingerprint density at radius 2 is 1.72 bits per heavy atom. The number of amides is 2. The lowest BCUT2D eigenvalue weighted by Crippen LogP contribution is -2.53. The van der Waals surface area contributed by atoms with Crippen molar-refractivity contribution in [1.82, 2.24) is 10.2 Å². The number of para-hydroxylation sites is 1. The molecular weight excluding hydrogens is 521 g/mol. The van der Waals surface area contributed by atoms with Crippen molar-refractivity contribution in [1.29, 1.82) is 0 Å². The first-order valence-corrected chi connectivity index (χ1v) is 14.6. The first kappa shape index (κ1) is 28.3. The topological polar surface area (TPSA) is 86.8 Å². The Morgan fingerprint density at radius 3 is 2.33 bits per heavy atom. The Kier molecular flexibility index (Phi) is 9.66. The normalized spacial score (nSPS) is 15.2. The van der Waals surface area contributed by atoms with Gasteiger partial charge in [-0.15, -0.1) is 0 Å². The summed E-state index contributed by atoms with van der Waals surface area (Å²) in [6, 6.07) is 11.2. The molecule has 1 aliphatic rings. The van der Waals surface area contributed by atoms with Gasteiger partial charge in [0, 0.05) is 12.6 Å². The monoisotopic (exact) mass is 553 g/mol. The summed E-state index contributed by atoms with van der Waals surface area (Å²) in [5.74, 6) is -0.766. The maximum atomic E-state index is 13.7. The summed E-state index contributed by atoms with van der Waals surface area (Å²) in [6.45, 7) is 3.07. The van der Waals surface area contributed by atoms with Crippen LogP contribution in [-0.4, -0.2) is 50.0 Å². The van der Waals surface area contributed by atoms with Crippen molar-refractivity contribution in [3.05, 3.63) is 63.6 Å². The standard InChI is InChI=1S/C26H33Cl2N3O4S/c1-18-9-7-8-12-24(18)31(36(3,34)35)17-25(32)30(16-20-13-14-22(27)23(28)15-20)19(2)26(33)29-21-10-5-4-6-11-21/h7-9,12-15,19,21H,4-6,10-11,16-17H2,1-3H3,(H,29,33). The van der Waals surface area contributed by atoms with Gasteiger partial charge >= 0.3 is 0 Å². The Morgan fingerprint density at radius 1 is 1.06 bits per heavy atom. The fourth-order valence-corrected chi connectivity index (χ4v) is 5.65. The highest BCUT2D eigenvalue weighted by molar-refractivity contribution is 7.92. The van der Waals surface area contributed by atoms with Crippen molar-refractivity contribution in [3.8, 4) is 0 Å². The SMILES string of the molecule is Cc1ccccc1N(CC(=O)N(Cc1ccc(Cl)c(Cl)c1)C(C)C(=O)NC1CCCCC1)S(C)(=O)=O. The van der Waals surface area contributed by atoms with Gasteiger partial charge in [0.25, 0.3) is 0 Å². The van der Waals surface area contributed by atoms with Crippen LogP contribution in [0.1, 0.15) is 50.2 Å². The van der Waals surface area contributed by atoms with Gasteiger partial charge < -0.3 is 10.2 Å². The molecule has 0 aromatic heterocycles. The minimum atomic E-state index is -3.78. The zero-order valence-electron chi connectivity index (χ0n) is 20.8. The van der Waals surface area contributed by atoms with Crippen molar-refractivity contribution in [2.45, 2.75) is 64.6 Å². The predicted octanol–water partition coefficient (Wildman–Crippen LogP) is 4.93. The van der Waals surface area contributed by atoms with Crippen LogP contribution in [0.5, 0.6) is 0 Å². The van der Waals surface area contributed by atoms with E-state index in [-0.39, 0.29) is 18.5 Å². The van der Waals surface area contributed by atoms with E-state index < -0.39 is 28.5 Å². The average molecular weight is 555 g/mol. The second-order valence-corrected chi connectivity index (χ2v) is 12.1. The number of benzene rings is 2. The van der Waals surface area contributed by atoms with Gasteiger partial charge in [-0.2, -0.15) is 0 Å². The summed E-state index contributed by atoms with van der Waals surface area (Å²) >= 11 is 12.2. The molecule has 2 aromatic rings. The van der Waals surface area contributed by atoms with Gasteiger partial charge in [0.15, 0.2) is 0 Å². The van der Waals surface area contributed by atoms with Crippen molar-refractivity contribution >= 4 is 50.7 Å². The van der Waals surface area contributed by atoms with Gasteiger partial charge in [-0.1, -0.05) is 66.7 Å². The zero-order chi connectivity index (χ0) is 26.5. The molecule has 36 heavy (non-hydrogen) atoms. The second kappa shape index (κ2) is 12.3. The number of hydrogen-bond acceptors (Lipinski definition) is 4. The van der Waals surface area contributed by atoms with Crippen molar-refractivity contribution in [2.75, 3.05) is 17.1 Å². The van der Waals surface area contributed by atoms with Crippen LogP contribution in [0.15, 0.2) is 42.5 Å². The molecule has 1 unspecified atom stereocenters. The van der Waals surface area contributed by atoms with Crippen LogP contribution in [-0.2, 0) is 26.2 Å². The molecule has 3 rings (SSSR count). The molecule has 0 bridgehead atoms. The first-order valence-electron chi connectivity index (χ1n) is 12.0. The van der Waals surface area contributed by atoms with E-state index >= 15 is 0 Å². The molecule has 196 valence electrons. The number of anilines is 1. The maximum Gasteiger partial charge on any atom is 0.244 e. The van der Waals surface area contributed by atoms with E-state index in [1.165, 1.54) is 4.90 Å². The minimum Gasteiger partial charge on any atom is -0.352 e. The molecule has 0 saturated heterocycles. The number of halogens is 2. The fraction of sp³-hybridized carbons (Fsp3) is 0.462. The Balaban J connectivity index is 1.90. The molecule has 0 radical (unpaired) electrons. The summed E-state index contributed by atoms with van der Waals surface area (Å²) < 4.78 is 26.5. The highest BCUT2D eigenvalue weighted by Crippen LogP contribution is 2.26. The van der Waals surface area contributed by atoms with Crippen molar-refractivity contribution in [2.24, 2.45) is 0 Å². The van der Waals surface area contributed by atoms with Gasteiger partial charge in [-0.05, 0) is 56.0 Å². The lowest BCUT2D eigenvalue weighted by Gasteiger charge is -2.33. The van der Waals surface area contributed by atoms with E-state index in [0.29, 0.717) is 21.3 Å². The van der Waals surface area contributed by atoms with Gasteiger partial charge in [-0.3, -0.25) is 13.9 Å². The molecule has 2 amide bonds. The molecule has 10 heteroatoms. The average Bonchev–Trinajstić information content (AvgIpc) is 2.83. The molecule has 2 aromatic carbocycles. The third-order valence-corrected chi connectivity index (χ3v) is 8.38. The maximum absolute atomic E-state index is 13.7. The molecule has 1 fully saturated rings. The zero-order valence-corrected chi connectivity index (χ0v) is 23.2. The molecule has 1 N–H and O–H groups in total. The van der Waals surface area contributed by atoms with E-state index in [9.17, 15) is 18.0 Å². The summed E-state index contributed by atoms with van der Waals surface area (Å²) in [5, 5.41) is 3.78. The summed E-state index contributed by atoms with van der Waals surface area (Å²) in [6.07, 6.45) is 6.16. The van der Waals surface area contributed by atoms with E-state index in [1.807, 2.05) is 0 Å². The number of sulfonamides is 1. The number of hydrogen-bond donors (Lipinski definition) is 1. The van der Waals surface area contributed by atoms with E-state index in [2.05, 4.69) is 5.32 Å². The molecule has 7 nitrogen and oxygen atoms in total. The Bertz CT molecular complexity index is 1200. The van der Waals surface area contributed by atoms with Crippen LogP contribution in [0, 0.1) is 6.92 Å². The predicted molar refractivity (Wildman–Crippen MR) is 145 cm³/mol. The van der Waals surface area contributed by atoms with Gasteiger partial charge in [0.2, 0.25) is 21.8 Å². The second-order valence-electron chi connectivity index (χ2n) is 9.35. The van der Waals surface area contributed by atoms with Gasteiger partial charge in [0.1, 0.15) is 12.6 Å². The lowest BCUT2D eigenvalue weighted by molar-refractivity contribution is -0.139. The Labute approximate surface area is 223 Å². The third-order valence-electron chi connectivity index (χ3n) is 6.52. The van der Waals surface area contributed by atoms with Crippen LogP contribution in [0.25, 0.3) is 0 Å². The van der Waals surface area contributed by atoms with Crippen LogP contribution < -0.4 is 9.62 Å². The summed E-state index contributed by atoms with van der Waals surface area (Å²) in [5.41, 5.74) is 1.81. The highest BCUT2D eigenvalue weighted by Gasteiger charge is 2.31. The number of carbonyl (C=O) groups excluding carboxylic acids is 2. The molecule has 1 aliphatic carbocycles. The number of aryl methyl sites for hydroxylation is 1. The van der Waals surface area contributed by atoms with Crippen LogP contribution in [0.3, 0.4) is 0 Å². The molecule has 0 heterocycles. The van der Waals surface area contributed by atoms with E-state index in [4.69, 9.17) is 23.2 Å². The van der Waals surface area contributed by atoms with Crippen LogP contribution >= 0.6 is 23.2 Å². The van der Waals surface area contributed by atoms with E-state index in [1.54, 1.807) is 56.3 Å². The molecule has 0 aliphatic heterocycles. The van der Waals surface area contributed by atoms with Gasteiger partial charge in [-0.25, -0.2) is 8.42 Å². The smallest absolute Gasteiger partial charge is 0.244 e. The van der Waals surface area contributed by atoms with Crippen LogP contribution in [0.4, 0.5) is 5.69 Å². The van der Waals surface area contributed by atoms with Gasteiger partial charge in [0.05, 0.1) is 22.0 Å². The summed E-state index contributed by atoms with van der Waals surface area (Å²) in [4.78, 5) is 28.2. The minimum absolute atomic E-state index is 0.0698. The number of rotatable bonds is 9. The lowest BCUT2D eigenvalue weighted by atomic mass is 9.95. The first-order chi connectivity index (χ1) is 17.0. The largest absolute Gasteiger partial charge is 0.352 e. The third kappa shape index (κ3) is 7.37. The highest BCUT2D eigenvalue weighted by atomic mass is 35.5. The summed E-state index contributed by atoms with van der Waals surface area (Å²) in [7, 11) is -3.78. The fourth-order valence-electron chi connectivity index (χ4n) is 4.42. The number of nitrogens with one attached hydrogen (secondary N) is 1. The van der Waals surface area contributed by atoms with Crippen LogP contribution in [0.2, 0.25) is 10.0 Å². The number of carbonyl (C=O) groups is 2. The quantitative estimate of drug-likeness (QED) is 0.476. The Hall–Kier alpha value is -2.29. The molecule has 1 atom stereocenters. The number of nitrogens with zero attached hydrogens (tertiary/aromatic N) is 2. The van der Waals surface area contributed by atoms with Crippen molar-refractivity contribution < 1.29 is 18.0 Å². The van der Waals surface area contributed by atoms with Crippen molar-refractivity contribution in [3.63, 3.8) is 0 Å². The molecule has 1 saturated carbocycles. The molecule has 0 spiro atoms. The molecular formula is C26H33Cl2N3O4S.